The topological polar surface area (TPSA) is 155 Å². The first-order chi connectivity index (χ1) is 32.1. The van der Waals surface area contributed by atoms with Crippen LogP contribution in [0.25, 0.3) is 0 Å². The van der Waals surface area contributed by atoms with E-state index in [1.807, 2.05) is 125 Å². The molecule has 4 aromatic carbocycles. The number of carbonyl (C=O) groups excluding carboxylic acids is 4. The lowest BCUT2D eigenvalue weighted by Crippen LogP contribution is -2.52. The Kier molecular flexibility index (Phi) is 17.5. The second kappa shape index (κ2) is 23.0. The Labute approximate surface area is 399 Å². The number of carbonyl (C=O) groups is 4. The average Bonchev–Trinajstić information content (AvgIpc) is 3.36. The van der Waals surface area contributed by atoms with E-state index in [0.29, 0.717) is 36.8 Å². The quantitative estimate of drug-likeness (QED) is 0.0554. The van der Waals surface area contributed by atoms with Crippen molar-refractivity contribution in [2.45, 2.75) is 82.5 Å². The van der Waals surface area contributed by atoms with Crippen LogP contribution in [-0.4, -0.2) is 138 Å². The van der Waals surface area contributed by atoms with Gasteiger partial charge in [-0.25, -0.2) is 0 Å². The Bertz CT molecular complexity index is 2250. The van der Waals surface area contributed by atoms with Crippen molar-refractivity contribution in [2.75, 3.05) is 96.9 Å². The monoisotopic (exact) mass is 914 g/mol. The molecule has 13 nitrogen and oxygen atoms in total. The number of nitrogens with one attached hydrogen (secondary N) is 4. The van der Waals surface area contributed by atoms with Gasteiger partial charge in [0.1, 0.15) is 0 Å². The van der Waals surface area contributed by atoms with Gasteiger partial charge in [0.25, 0.3) is 0 Å². The summed E-state index contributed by atoms with van der Waals surface area (Å²) in [5.74, 6) is -1.24. The number of anilines is 2. The SMILES string of the molecule is CCC(Cc1ccc(C(C)C(=O)NCC(N)NC(=O)C(C)c2ccc(CC(CC)(C(=O)c3ccc(N4CCNCC4)cc3)N(C)C)cc2)cc1)(C(=O)c1ccc(N2CCNCC2)cc1)N(C)C. The summed E-state index contributed by atoms with van der Waals surface area (Å²) in [7, 11) is 7.85. The van der Waals surface area contributed by atoms with Gasteiger partial charge in [0.2, 0.25) is 11.8 Å². The Morgan fingerprint density at radius 3 is 1.28 bits per heavy atom. The first kappa shape index (κ1) is 51.0. The van der Waals surface area contributed by atoms with Crippen molar-refractivity contribution in [2.24, 2.45) is 5.73 Å². The zero-order valence-electron chi connectivity index (χ0n) is 41.2. The highest BCUT2D eigenvalue weighted by Crippen LogP contribution is 2.32. The summed E-state index contributed by atoms with van der Waals surface area (Å²) >= 11 is 0. The van der Waals surface area contributed by atoms with Gasteiger partial charge in [0.15, 0.2) is 11.6 Å². The van der Waals surface area contributed by atoms with E-state index in [9.17, 15) is 19.2 Å². The molecule has 0 radical (unpaired) electrons. The van der Waals surface area contributed by atoms with E-state index in [2.05, 4.69) is 69.2 Å². The van der Waals surface area contributed by atoms with Crippen LogP contribution in [0.2, 0.25) is 0 Å². The van der Waals surface area contributed by atoms with Crippen molar-refractivity contribution in [1.29, 1.82) is 0 Å². The maximum absolute atomic E-state index is 14.2. The van der Waals surface area contributed by atoms with Gasteiger partial charge in [0.05, 0.1) is 35.6 Å². The van der Waals surface area contributed by atoms with E-state index in [4.69, 9.17) is 5.73 Å². The van der Waals surface area contributed by atoms with Crippen LogP contribution in [0, 0.1) is 0 Å². The zero-order valence-corrected chi connectivity index (χ0v) is 41.2. The Balaban J connectivity index is 0.995. The second-order valence-corrected chi connectivity index (χ2v) is 18.9. The molecule has 0 aromatic heterocycles. The molecule has 2 aliphatic heterocycles. The summed E-state index contributed by atoms with van der Waals surface area (Å²) < 4.78 is 0. The minimum Gasteiger partial charge on any atom is -0.369 e. The average molecular weight is 914 g/mol. The molecule has 360 valence electrons. The molecule has 0 bridgehead atoms. The molecule has 2 fully saturated rings. The summed E-state index contributed by atoms with van der Waals surface area (Å²) in [6.45, 7) is 15.4. The first-order valence-corrected chi connectivity index (χ1v) is 24.2. The molecule has 13 heteroatoms. The maximum Gasteiger partial charge on any atom is 0.228 e. The fraction of sp³-hybridized carbons (Fsp3) is 0.481. The maximum atomic E-state index is 14.2. The molecular weight excluding hydrogens is 839 g/mol. The van der Waals surface area contributed by atoms with Crippen LogP contribution in [-0.2, 0) is 22.4 Å². The summed E-state index contributed by atoms with van der Waals surface area (Å²) in [4.78, 5) is 63.9. The third-order valence-electron chi connectivity index (χ3n) is 14.5. The van der Waals surface area contributed by atoms with Crippen LogP contribution in [0.1, 0.15) is 95.3 Å². The van der Waals surface area contributed by atoms with Crippen LogP contribution in [0.15, 0.2) is 97.1 Å². The molecule has 2 heterocycles. The Morgan fingerprint density at radius 1 is 0.582 bits per heavy atom. The summed E-state index contributed by atoms with van der Waals surface area (Å²) in [6.07, 6.45) is 1.52. The largest absolute Gasteiger partial charge is 0.369 e. The summed E-state index contributed by atoms with van der Waals surface area (Å²) in [6, 6.07) is 31.8. The first-order valence-electron chi connectivity index (χ1n) is 24.2. The Morgan fingerprint density at radius 2 is 0.940 bits per heavy atom. The molecule has 0 saturated carbocycles. The van der Waals surface area contributed by atoms with Crippen molar-refractivity contribution in [1.82, 2.24) is 31.1 Å². The molecule has 6 rings (SSSR count). The molecule has 0 aliphatic carbocycles. The molecule has 2 amide bonds. The van der Waals surface area contributed by atoms with Crippen molar-refractivity contribution >= 4 is 34.8 Å². The number of Topliss-reactive ketones (excluding diaryl/α,β-unsaturated/α-hetero) is 2. The van der Waals surface area contributed by atoms with Crippen molar-refractivity contribution in [3.05, 3.63) is 130 Å². The predicted octanol–water partition coefficient (Wildman–Crippen LogP) is 5.20. The zero-order chi connectivity index (χ0) is 48.3. The van der Waals surface area contributed by atoms with E-state index in [1.54, 1.807) is 0 Å². The van der Waals surface area contributed by atoms with Crippen LogP contribution in [0.4, 0.5) is 11.4 Å². The van der Waals surface area contributed by atoms with Gasteiger partial charge in [-0.3, -0.25) is 29.0 Å². The highest BCUT2D eigenvalue weighted by molar-refractivity contribution is 6.04. The van der Waals surface area contributed by atoms with Gasteiger partial charge in [-0.1, -0.05) is 62.4 Å². The molecular formula is C54H75N9O4. The molecule has 5 atom stereocenters. The van der Waals surface area contributed by atoms with Crippen LogP contribution >= 0.6 is 0 Å². The number of benzene rings is 4. The number of rotatable bonds is 21. The number of hydrogen-bond acceptors (Lipinski definition) is 11. The standard InChI is InChI=1S/C54H75N9O4/c1-9-53(60(5)6,49(64)44-19-23-46(24-20-44)62-31-27-56-28-32-62)35-40-11-15-42(16-12-40)38(3)51(66)58-37-48(55)59-52(67)39(4)43-17-13-41(14-18-43)36-54(10-2,61(7)8)50(65)45-21-25-47(26-22-45)63-33-29-57-30-34-63/h11-26,38-39,48,56-57H,9-10,27-37,55H2,1-8H3,(H,58,66)(H,59,67). The van der Waals surface area contributed by atoms with Crippen molar-refractivity contribution in [3.8, 4) is 0 Å². The van der Waals surface area contributed by atoms with Gasteiger partial charge in [-0.15, -0.1) is 0 Å². The highest BCUT2D eigenvalue weighted by atomic mass is 16.2. The second-order valence-electron chi connectivity index (χ2n) is 18.9. The third kappa shape index (κ3) is 12.0. The number of amides is 2. The minimum atomic E-state index is -0.793. The van der Waals surface area contributed by atoms with Gasteiger partial charge < -0.3 is 36.8 Å². The highest BCUT2D eigenvalue weighted by Gasteiger charge is 2.41. The van der Waals surface area contributed by atoms with E-state index in [1.165, 1.54) is 0 Å². The van der Waals surface area contributed by atoms with E-state index in [0.717, 1.165) is 86.0 Å². The third-order valence-corrected chi connectivity index (χ3v) is 14.5. The molecule has 5 unspecified atom stereocenters. The fourth-order valence-electron chi connectivity index (χ4n) is 9.67. The number of nitrogens with zero attached hydrogens (tertiary/aromatic N) is 4. The number of piperazine rings is 2. The summed E-state index contributed by atoms with van der Waals surface area (Å²) in [5, 5.41) is 12.5. The number of hydrogen-bond donors (Lipinski definition) is 5. The van der Waals surface area contributed by atoms with Gasteiger partial charge >= 0.3 is 0 Å². The predicted molar refractivity (Wildman–Crippen MR) is 271 cm³/mol. The molecule has 67 heavy (non-hydrogen) atoms. The summed E-state index contributed by atoms with van der Waals surface area (Å²) in [5.41, 5.74) is 12.2. The lowest BCUT2D eigenvalue weighted by Gasteiger charge is -2.38. The van der Waals surface area contributed by atoms with Gasteiger partial charge in [0, 0.05) is 74.9 Å². The number of likely N-dealkylation sites (N-methyl/N-ethyl adjacent to an activating group) is 2. The van der Waals surface area contributed by atoms with E-state index >= 15 is 0 Å². The minimum absolute atomic E-state index is 0.0645. The van der Waals surface area contributed by atoms with Crippen LogP contribution in [0.5, 0.6) is 0 Å². The van der Waals surface area contributed by atoms with E-state index in [-0.39, 0.29) is 29.9 Å². The van der Waals surface area contributed by atoms with Crippen molar-refractivity contribution < 1.29 is 19.2 Å². The molecule has 2 aliphatic rings. The van der Waals surface area contributed by atoms with E-state index < -0.39 is 29.1 Å². The molecule has 6 N–H and O–H groups in total. The van der Waals surface area contributed by atoms with Gasteiger partial charge in [-0.2, -0.15) is 0 Å². The van der Waals surface area contributed by atoms with Crippen molar-refractivity contribution in [3.63, 3.8) is 0 Å². The van der Waals surface area contributed by atoms with Crippen LogP contribution in [0.3, 0.4) is 0 Å². The Hall–Kier alpha value is -5.44. The number of nitrogens with two attached hydrogens (primary N) is 1. The normalized spacial score (nSPS) is 17.5. The lowest BCUT2D eigenvalue weighted by atomic mass is 9.80. The molecule has 2 saturated heterocycles. The van der Waals surface area contributed by atoms with Crippen LogP contribution < -0.4 is 36.8 Å². The smallest absolute Gasteiger partial charge is 0.228 e. The fourth-order valence-corrected chi connectivity index (χ4v) is 9.67. The molecule has 0 spiro atoms. The number of ketones is 2. The van der Waals surface area contributed by atoms with Gasteiger partial charge in [-0.05, 0) is 139 Å². The molecule has 4 aromatic rings. The lowest BCUT2D eigenvalue weighted by molar-refractivity contribution is -0.124.